The standard InChI is InChI=1S/C55H78O8/c1-35(16-10-15-21-48(56)62-52(2,3)4)45-25-26-46-43-24-23-37-33-38(28-30-54(37,8)47(43)29-31-55(45,46)9)61-51(59)36(22-27-49(57)63-53(5,6)7)32-50(58)60-34-44-41-19-13-11-17-39(41)40-18-12-14-20-42(40)44/h11-14,17-20,35-38,43-47H,10,15-16,21-34H2,1-9H3/t35-,36-,37?,38-,43?,45?,46?,47?,54+,55-/m1/s1. The molecule has 0 bridgehead atoms. The molecule has 4 fully saturated rings. The monoisotopic (exact) mass is 867 g/mol. The summed E-state index contributed by atoms with van der Waals surface area (Å²) in [6.07, 6.45) is 13.9. The molecule has 5 unspecified atom stereocenters. The normalized spacial score (nSPS) is 29.8. The van der Waals surface area contributed by atoms with Crippen molar-refractivity contribution in [2.45, 2.75) is 188 Å². The van der Waals surface area contributed by atoms with Crippen LogP contribution in [0.15, 0.2) is 48.5 Å². The van der Waals surface area contributed by atoms with E-state index in [-0.39, 0.29) is 55.2 Å². The second kappa shape index (κ2) is 19.0. The van der Waals surface area contributed by atoms with Crippen molar-refractivity contribution in [1.29, 1.82) is 0 Å². The highest BCUT2D eigenvalue weighted by Gasteiger charge is 2.61. The van der Waals surface area contributed by atoms with E-state index < -0.39 is 29.1 Å². The van der Waals surface area contributed by atoms with E-state index in [4.69, 9.17) is 18.9 Å². The lowest BCUT2D eigenvalue weighted by Gasteiger charge is -2.61. The molecular formula is C55H78O8. The van der Waals surface area contributed by atoms with Crippen LogP contribution in [0.3, 0.4) is 0 Å². The highest BCUT2D eigenvalue weighted by molar-refractivity contribution is 5.82. The van der Waals surface area contributed by atoms with E-state index in [1.54, 1.807) is 0 Å². The Kier molecular flexibility index (Phi) is 14.3. The lowest BCUT2D eigenvalue weighted by molar-refractivity contribution is -0.170. The number of carbonyl (C=O) groups excluding carboxylic acids is 4. The fourth-order valence-corrected chi connectivity index (χ4v) is 13.8. The molecule has 8 nitrogen and oxygen atoms in total. The van der Waals surface area contributed by atoms with Gasteiger partial charge in [-0.05, 0) is 181 Å². The van der Waals surface area contributed by atoms with E-state index in [9.17, 15) is 19.2 Å². The summed E-state index contributed by atoms with van der Waals surface area (Å²) in [6.45, 7) is 19.1. The molecule has 0 spiro atoms. The quantitative estimate of drug-likeness (QED) is 0.0990. The van der Waals surface area contributed by atoms with Crippen molar-refractivity contribution in [3.8, 4) is 11.1 Å². The Morgan fingerprint density at radius 3 is 1.94 bits per heavy atom. The van der Waals surface area contributed by atoms with E-state index in [1.165, 1.54) is 44.9 Å². The predicted octanol–water partition coefficient (Wildman–Crippen LogP) is 12.6. The Bertz CT molecular complexity index is 1910. The maximum atomic E-state index is 14.1. The smallest absolute Gasteiger partial charge is 0.309 e. The van der Waals surface area contributed by atoms with Gasteiger partial charge in [0.15, 0.2) is 0 Å². The van der Waals surface area contributed by atoms with Crippen LogP contribution in [0.2, 0.25) is 0 Å². The zero-order valence-corrected chi connectivity index (χ0v) is 40.1. The van der Waals surface area contributed by atoms with Crippen LogP contribution in [-0.2, 0) is 38.1 Å². The molecule has 0 heterocycles. The lowest BCUT2D eigenvalue weighted by atomic mass is 9.44. The Morgan fingerprint density at radius 1 is 0.683 bits per heavy atom. The van der Waals surface area contributed by atoms with Crippen molar-refractivity contribution in [2.75, 3.05) is 6.61 Å². The van der Waals surface area contributed by atoms with E-state index >= 15 is 0 Å². The van der Waals surface area contributed by atoms with Gasteiger partial charge >= 0.3 is 23.9 Å². The van der Waals surface area contributed by atoms with Crippen LogP contribution in [0.5, 0.6) is 0 Å². The number of hydrogen-bond donors (Lipinski definition) is 0. The van der Waals surface area contributed by atoms with Gasteiger partial charge in [-0.2, -0.15) is 0 Å². The minimum Gasteiger partial charge on any atom is -0.465 e. The van der Waals surface area contributed by atoms with Gasteiger partial charge in [-0.15, -0.1) is 0 Å². The Labute approximate surface area is 378 Å². The van der Waals surface area contributed by atoms with Gasteiger partial charge in [0.05, 0.1) is 12.3 Å². The lowest BCUT2D eigenvalue weighted by Crippen LogP contribution is -2.54. The number of carbonyl (C=O) groups is 4. The van der Waals surface area contributed by atoms with E-state index in [2.05, 4.69) is 45.0 Å². The van der Waals surface area contributed by atoms with Gasteiger partial charge in [0, 0.05) is 18.8 Å². The van der Waals surface area contributed by atoms with Crippen molar-refractivity contribution >= 4 is 23.9 Å². The van der Waals surface area contributed by atoms with Crippen LogP contribution in [0.25, 0.3) is 11.1 Å². The van der Waals surface area contributed by atoms with Gasteiger partial charge in [0.2, 0.25) is 0 Å². The molecule has 2 aromatic carbocycles. The van der Waals surface area contributed by atoms with Crippen LogP contribution in [0.4, 0.5) is 0 Å². The van der Waals surface area contributed by atoms with Gasteiger partial charge in [0.1, 0.15) is 23.9 Å². The van der Waals surface area contributed by atoms with Gasteiger partial charge in [-0.25, -0.2) is 0 Å². The molecule has 4 saturated carbocycles. The highest BCUT2D eigenvalue weighted by atomic mass is 16.6. The van der Waals surface area contributed by atoms with E-state index in [1.807, 2.05) is 65.8 Å². The van der Waals surface area contributed by atoms with Crippen LogP contribution in [-0.4, -0.2) is 47.8 Å². The minimum absolute atomic E-state index is 0.0238. The van der Waals surface area contributed by atoms with Crippen LogP contribution >= 0.6 is 0 Å². The number of hydrogen-bond acceptors (Lipinski definition) is 8. The molecule has 0 amide bonds. The minimum atomic E-state index is -0.795. The molecular weight excluding hydrogens is 789 g/mol. The first-order valence-electron chi connectivity index (χ1n) is 24.7. The molecule has 0 N–H and O–H groups in total. The van der Waals surface area contributed by atoms with Gasteiger partial charge in [0.25, 0.3) is 0 Å². The molecule has 10 atom stereocenters. The largest absolute Gasteiger partial charge is 0.465 e. The molecule has 5 aliphatic rings. The van der Waals surface area contributed by atoms with Crippen LogP contribution in [0.1, 0.15) is 182 Å². The summed E-state index contributed by atoms with van der Waals surface area (Å²) in [4.78, 5) is 52.8. The van der Waals surface area contributed by atoms with E-state index in [0.29, 0.717) is 29.6 Å². The van der Waals surface area contributed by atoms with Crippen molar-refractivity contribution in [1.82, 2.24) is 0 Å². The fraction of sp³-hybridized carbons (Fsp3) is 0.709. The number of rotatable bonds is 15. The summed E-state index contributed by atoms with van der Waals surface area (Å²) < 4.78 is 23.4. The second-order valence-electron chi connectivity index (χ2n) is 23.0. The molecule has 0 saturated heterocycles. The first-order chi connectivity index (χ1) is 29.8. The third-order valence-corrected chi connectivity index (χ3v) is 16.6. The van der Waals surface area contributed by atoms with Crippen molar-refractivity contribution in [2.24, 2.45) is 52.3 Å². The van der Waals surface area contributed by atoms with Crippen LogP contribution in [0, 0.1) is 52.3 Å². The summed E-state index contributed by atoms with van der Waals surface area (Å²) in [5.41, 5.74) is 4.12. The SMILES string of the molecule is C[C@H](CCCCC(=O)OC(C)(C)C)C1CCC2C3CCC4C[C@H](OC(=O)[C@H](CCC(=O)OC(C)(C)C)CC(=O)OCC5c6ccccc6-c6ccccc65)CC[C@]4(C)C3CC[C@@]21C. The average Bonchev–Trinajstić information content (AvgIpc) is 3.73. The number of fused-ring (bicyclic) bond motifs is 8. The molecule has 7 rings (SSSR count). The number of esters is 4. The molecule has 5 aliphatic carbocycles. The topological polar surface area (TPSA) is 105 Å². The van der Waals surface area contributed by atoms with Gasteiger partial charge < -0.3 is 18.9 Å². The summed E-state index contributed by atoms with van der Waals surface area (Å²) in [5.74, 6) is 1.91. The zero-order valence-electron chi connectivity index (χ0n) is 40.1. The van der Waals surface area contributed by atoms with E-state index in [0.717, 1.165) is 72.1 Å². The van der Waals surface area contributed by atoms with Crippen molar-refractivity contribution < 1.29 is 38.1 Å². The Morgan fingerprint density at radius 2 is 1.29 bits per heavy atom. The fourth-order valence-electron chi connectivity index (χ4n) is 13.8. The Hall–Kier alpha value is -3.68. The molecule has 8 heteroatoms. The number of ether oxygens (including phenoxy) is 4. The highest BCUT2D eigenvalue weighted by Crippen LogP contribution is 2.68. The van der Waals surface area contributed by atoms with Crippen LogP contribution < -0.4 is 0 Å². The average molecular weight is 867 g/mol. The molecule has 346 valence electrons. The summed E-state index contributed by atoms with van der Waals surface area (Å²) in [5, 5.41) is 0. The molecule has 0 radical (unpaired) electrons. The van der Waals surface area contributed by atoms with Crippen molar-refractivity contribution in [3.05, 3.63) is 59.7 Å². The molecule has 0 aromatic heterocycles. The summed E-state index contributed by atoms with van der Waals surface area (Å²) in [7, 11) is 0. The maximum absolute atomic E-state index is 14.1. The molecule has 0 aliphatic heterocycles. The maximum Gasteiger partial charge on any atom is 0.309 e. The van der Waals surface area contributed by atoms with Gasteiger partial charge in [-0.3, -0.25) is 19.2 Å². The number of unbranched alkanes of at least 4 members (excludes halogenated alkanes) is 1. The molecule has 2 aromatic rings. The first-order valence-corrected chi connectivity index (χ1v) is 24.7. The third-order valence-electron chi connectivity index (χ3n) is 16.6. The zero-order chi connectivity index (χ0) is 45.3. The number of benzene rings is 2. The second-order valence-corrected chi connectivity index (χ2v) is 23.0. The molecule has 63 heavy (non-hydrogen) atoms. The summed E-state index contributed by atoms with van der Waals surface area (Å²) in [6, 6.07) is 16.5. The predicted molar refractivity (Wildman–Crippen MR) is 246 cm³/mol. The third kappa shape index (κ3) is 10.7. The first kappa shape index (κ1) is 47.3. The summed E-state index contributed by atoms with van der Waals surface area (Å²) >= 11 is 0. The van der Waals surface area contributed by atoms with Crippen molar-refractivity contribution in [3.63, 3.8) is 0 Å². The van der Waals surface area contributed by atoms with Gasteiger partial charge in [-0.1, -0.05) is 82.1 Å². The Balaban J connectivity index is 0.938.